The van der Waals surface area contributed by atoms with Crippen LogP contribution in [0.4, 0.5) is 10.5 Å². The van der Waals surface area contributed by atoms with Gasteiger partial charge in [0.15, 0.2) is 0 Å². The first-order chi connectivity index (χ1) is 16.2. The number of carbonyl (C=O) groups excluding carboxylic acids is 1. The van der Waals surface area contributed by atoms with Crippen molar-refractivity contribution >= 4 is 40.8 Å². The minimum Gasteiger partial charge on any atom is -0.444 e. The Kier molecular flexibility index (Phi) is 5.70. The molecule has 0 aromatic heterocycles. The van der Waals surface area contributed by atoms with Crippen LogP contribution in [0.2, 0.25) is 0 Å². The molecule has 2 heterocycles. The zero-order valence-corrected chi connectivity index (χ0v) is 19.8. The molecule has 5 rings (SSSR count). The van der Waals surface area contributed by atoms with Gasteiger partial charge in [0.1, 0.15) is 5.60 Å². The second-order valence-corrected chi connectivity index (χ2v) is 10.2. The number of aliphatic imine (C=N–C) groups is 1. The summed E-state index contributed by atoms with van der Waals surface area (Å²) >= 11 is 0. The number of nitrogens with zero attached hydrogens (tertiary/aromatic N) is 2. The fourth-order valence-electron chi connectivity index (χ4n) is 4.86. The highest BCUT2D eigenvalue weighted by atomic mass is 16.6. The molecule has 1 amide bonds. The third kappa shape index (κ3) is 4.46. The van der Waals surface area contributed by atoms with Gasteiger partial charge in [0, 0.05) is 18.7 Å². The first-order valence-electron chi connectivity index (χ1n) is 11.8. The molecular weight excluding hydrogens is 427 g/mol. The van der Waals surface area contributed by atoms with Gasteiger partial charge >= 0.3 is 13.2 Å². The fraction of sp³-hybridized carbons (Fsp3) is 0.333. The highest BCUT2D eigenvalue weighted by Gasteiger charge is 2.36. The van der Waals surface area contributed by atoms with E-state index in [0.29, 0.717) is 12.0 Å². The molecule has 3 aromatic rings. The van der Waals surface area contributed by atoms with E-state index in [1.807, 2.05) is 49.9 Å². The van der Waals surface area contributed by atoms with Crippen LogP contribution in [0.15, 0.2) is 59.6 Å². The predicted octanol–water partition coefficient (Wildman–Crippen LogP) is 4.21. The summed E-state index contributed by atoms with van der Waals surface area (Å²) in [7, 11) is -1.49. The molecule has 2 N–H and O–H groups in total. The van der Waals surface area contributed by atoms with Crippen LogP contribution in [0, 0.1) is 0 Å². The van der Waals surface area contributed by atoms with Gasteiger partial charge in [-0.3, -0.25) is 9.89 Å². The molecular formula is C27H29BN2O4. The SMILES string of the molecule is CC(C)(C)OC(=O)N1CCC[C@H]1C1=Nc2ccc(-c3ccc4ccc(B(O)O)cc4c3)cc2C1. The number of ether oxygens (including phenoxy) is 1. The van der Waals surface area contributed by atoms with Crippen molar-refractivity contribution in [3.8, 4) is 11.1 Å². The summed E-state index contributed by atoms with van der Waals surface area (Å²) < 4.78 is 5.62. The minimum atomic E-state index is -1.49. The van der Waals surface area contributed by atoms with Gasteiger partial charge in [0.25, 0.3) is 0 Å². The summed E-state index contributed by atoms with van der Waals surface area (Å²) in [5.74, 6) is 0. The Labute approximate surface area is 200 Å². The van der Waals surface area contributed by atoms with E-state index in [1.165, 1.54) is 0 Å². The average Bonchev–Trinajstić information content (AvgIpc) is 3.43. The number of amides is 1. The van der Waals surface area contributed by atoms with E-state index in [1.54, 1.807) is 6.07 Å². The van der Waals surface area contributed by atoms with E-state index in [2.05, 4.69) is 24.3 Å². The Morgan fingerprint density at radius 2 is 1.76 bits per heavy atom. The maximum Gasteiger partial charge on any atom is 0.488 e. The van der Waals surface area contributed by atoms with E-state index >= 15 is 0 Å². The number of carbonyl (C=O) groups is 1. The molecule has 7 heteroatoms. The van der Waals surface area contributed by atoms with Crippen molar-refractivity contribution in [3.63, 3.8) is 0 Å². The number of hydrogen-bond donors (Lipinski definition) is 2. The Morgan fingerprint density at radius 3 is 2.53 bits per heavy atom. The van der Waals surface area contributed by atoms with E-state index in [0.717, 1.165) is 58.1 Å². The van der Waals surface area contributed by atoms with Gasteiger partial charge < -0.3 is 14.8 Å². The van der Waals surface area contributed by atoms with Crippen LogP contribution in [-0.2, 0) is 11.2 Å². The molecule has 0 aliphatic carbocycles. The van der Waals surface area contributed by atoms with Crippen molar-refractivity contribution in [2.24, 2.45) is 4.99 Å². The number of fused-ring (bicyclic) bond motifs is 2. The van der Waals surface area contributed by atoms with Crippen LogP contribution in [0.3, 0.4) is 0 Å². The van der Waals surface area contributed by atoms with Gasteiger partial charge in [-0.15, -0.1) is 0 Å². The molecule has 1 atom stereocenters. The Bertz CT molecular complexity index is 1300. The second-order valence-electron chi connectivity index (χ2n) is 10.2. The van der Waals surface area contributed by atoms with Crippen LogP contribution in [-0.4, -0.2) is 52.1 Å². The summed E-state index contributed by atoms with van der Waals surface area (Å²) in [6, 6.07) is 17.9. The lowest BCUT2D eigenvalue weighted by atomic mass is 9.79. The van der Waals surface area contributed by atoms with E-state index < -0.39 is 12.7 Å². The third-order valence-electron chi connectivity index (χ3n) is 6.48. The maximum atomic E-state index is 12.7. The topological polar surface area (TPSA) is 82.4 Å². The van der Waals surface area contributed by atoms with Gasteiger partial charge in [0.05, 0.1) is 11.7 Å². The quantitative estimate of drug-likeness (QED) is 0.579. The van der Waals surface area contributed by atoms with Gasteiger partial charge in [-0.25, -0.2) is 4.79 Å². The Balaban J connectivity index is 1.38. The largest absolute Gasteiger partial charge is 0.488 e. The first-order valence-corrected chi connectivity index (χ1v) is 11.8. The molecule has 6 nitrogen and oxygen atoms in total. The highest BCUT2D eigenvalue weighted by Crippen LogP contribution is 2.35. The molecule has 2 aliphatic heterocycles. The van der Waals surface area contributed by atoms with Crippen molar-refractivity contribution in [1.82, 2.24) is 4.90 Å². The summed E-state index contributed by atoms with van der Waals surface area (Å²) in [6.07, 6.45) is 2.31. The van der Waals surface area contributed by atoms with Crippen molar-refractivity contribution in [2.45, 2.75) is 51.7 Å². The average molecular weight is 456 g/mol. The highest BCUT2D eigenvalue weighted by molar-refractivity contribution is 6.58. The lowest BCUT2D eigenvalue weighted by Crippen LogP contribution is -2.43. The Hall–Kier alpha value is -3.16. The number of likely N-dealkylation sites (tertiary alicyclic amines) is 1. The molecule has 0 unspecified atom stereocenters. The lowest BCUT2D eigenvalue weighted by molar-refractivity contribution is 0.0265. The van der Waals surface area contributed by atoms with Gasteiger partial charge in [0.2, 0.25) is 0 Å². The van der Waals surface area contributed by atoms with Crippen LogP contribution in [0.5, 0.6) is 0 Å². The van der Waals surface area contributed by atoms with Crippen molar-refractivity contribution in [3.05, 3.63) is 60.2 Å². The van der Waals surface area contributed by atoms with E-state index in [9.17, 15) is 14.8 Å². The molecule has 34 heavy (non-hydrogen) atoms. The van der Waals surface area contributed by atoms with E-state index in [4.69, 9.17) is 9.73 Å². The maximum absolute atomic E-state index is 12.7. The zero-order chi connectivity index (χ0) is 24.0. The standard InChI is InChI=1S/C27H29BN2O4/c1-27(2,3)34-26(31)30-12-4-5-25(30)24-16-21-14-19(9-11-23(21)29-24)18-7-6-17-8-10-22(28(32)33)15-20(17)13-18/h6-11,13-15,25,32-33H,4-5,12,16H2,1-3H3/t25-/m0/s1. The molecule has 0 bridgehead atoms. The molecule has 174 valence electrons. The van der Waals surface area contributed by atoms with Gasteiger partial charge in [-0.1, -0.05) is 36.4 Å². The molecule has 1 fully saturated rings. The number of hydrogen-bond acceptors (Lipinski definition) is 5. The van der Waals surface area contributed by atoms with Crippen molar-refractivity contribution < 1.29 is 19.6 Å². The van der Waals surface area contributed by atoms with Crippen molar-refractivity contribution in [2.75, 3.05) is 6.54 Å². The summed E-state index contributed by atoms with van der Waals surface area (Å²) in [4.78, 5) is 19.4. The van der Waals surface area contributed by atoms with Crippen LogP contribution < -0.4 is 5.46 Å². The van der Waals surface area contributed by atoms with E-state index in [-0.39, 0.29) is 12.1 Å². The lowest BCUT2D eigenvalue weighted by Gasteiger charge is -2.28. The van der Waals surface area contributed by atoms with Crippen LogP contribution >= 0.6 is 0 Å². The molecule has 0 radical (unpaired) electrons. The molecule has 3 aromatic carbocycles. The summed E-state index contributed by atoms with van der Waals surface area (Å²) in [6.45, 7) is 6.36. The monoisotopic (exact) mass is 456 g/mol. The Morgan fingerprint density at radius 1 is 1.03 bits per heavy atom. The smallest absolute Gasteiger partial charge is 0.444 e. The number of rotatable bonds is 3. The number of benzene rings is 3. The van der Waals surface area contributed by atoms with Crippen molar-refractivity contribution in [1.29, 1.82) is 0 Å². The van der Waals surface area contributed by atoms with Gasteiger partial charge in [-0.05, 0) is 84.7 Å². The molecule has 1 saturated heterocycles. The normalized spacial score (nSPS) is 17.6. The first kappa shape index (κ1) is 22.6. The third-order valence-corrected chi connectivity index (χ3v) is 6.48. The summed E-state index contributed by atoms with van der Waals surface area (Å²) in [5, 5.41) is 21.0. The fourth-order valence-corrected chi connectivity index (χ4v) is 4.86. The van der Waals surface area contributed by atoms with Crippen LogP contribution in [0.1, 0.15) is 39.2 Å². The van der Waals surface area contributed by atoms with Crippen LogP contribution in [0.25, 0.3) is 21.9 Å². The molecule has 0 spiro atoms. The van der Waals surface area contributed by atoms with Gasteiger partial charge in [-0.2, -0.15) is 0 Å². The zero-order valence-electron chi connectivity index (χ0n) is 19.8. The molecule has 0 saturated carbocycles. The minimum absolute atomic E-state index is 0.0188. The molecule has 2 aliphatic rings. The summed E-state index contributed by atoms with van der Waals surface area (Å²) in [5.41, 5.74) is 5.24. The second kappa shape index (κ2) is 8.56. The predicted molar refractivity (Wildman–Crippen MR) is 136 cm³/mol.